The van der Waals surface area contributed by atoms with Crippen LogP contribution in [0, 0.1) is 6.92 Å². The number of fused-ring (bicyclic) bond motifs is 1. The fourth-order valence-electron chi connectivity index (χ4n) is 2.54. The Hall–Kier alpha value is -3.59. The highest BCUT2D eigenvalue weighted by Crippen LogP contribution is 2.27. The summed E-state index contributed by atoms with van der Waals surface area (Å²) in [6.07, 6.45) is 0. The van der Waals surface area contributed by atoms with Gasteiger partial charge in [-0.2, -0.15) is 15.4 Å². The Morgan fingerprint density at radius 2 is 1.70 bits per heavy atom. The van der Waals surface area contributed by atoms with Crippen LogP contribution in [-0.4, -0.2) is 32.2 Å². The van der Waals surface area contributed by atoms with Gasteiger partial charge in [-0.1, -0.05) is 30.3 Å². The Morgan fingerprint density at radius 1 is 0.963 bits per heavy atom. The van der Waals surface area contributed by atoms with E-state index >= 15 is 0 Å². The normalized spacial score (nSPS) is 10.7. The van der Waals surface area contributed by atoms with Crippen LogP contribution in [0.25, 0.3) is 21.6 Å². The quantitative estimate of drug-likeness (QED) is 0.474. The number of nitrogens with zero attached hydrogens (tertiary/aromatic N) is 3. The largest absolute Gasteiger partial charge is 0.281 e. The third-order valence-corrected chi connectivity index (χ3v) is 5.10. The zero-order valence-electron chi connectivity index (χ0n) is 14.2. The van der Waals surface area contributed by atoms with Crippen molar-refractivity contribution in [1.29, 1.82) is 0 Å². The van der Waals surface area contributed by atoms with Gasteiger partial charge in [0.25, 0.3) is 11.8 Å². The van der Waals surface area contributed by atoms with Crippen molar-refractivity contribution in [2.45, 2.75) is 6.92 Å². The Kier molecular flexibility index (Phi) is 4.35. The summed E-state index contributed by atoms with van der Waals surface area (Å²) in [5.41, 5.74) is 7.98. The van der Waals surface area contributed by atoms with Crippen molar-refractivity contribution in [3.8, 4) is 10.6 Å². The van der Waals surface area contributed by atoms with E-state index < -0.39 is 11.8 Å². The molecule has 9 heteroatoms. The molecular weight excluding hydrogens is 364 g/mol. The fourth-order valence-corrected chi connectivity index (χ4v) is 3.50. The van der Waals surface area contributed by atoms with Crippen LogP contribution in [0.3, 0.4) is 0 Å². The molecule has 0 fully saturated rings. The highest BCUT2D eigenvalue weighted by atomic mass is 32.1. The Morgan fingerprint density at radius 3 is 2.52 bits per heavy atom. The van der Waals surface area contributed by atoms with Crippen molar-refractivity contribution < 1.29 is 9.59 Å². The molecule has 4 rings (SSSR count). The number of thiazole rings is 1. The molecule has 0 saturated carbocycles. The SMILES string of the molecule is Cc1nc(-c2ccccc2)sc1C(=O)NNC(=O)c1ccc2n[nH]nc2c1. The van der Waals surface area contributed by atoms with Crippen molar-refractivity contribution in [3.63, 3.8) is 0 Å². The first-order valence-electron chi connectivity index (χ1n) is 8.06. The van der Waals surface area contributed by atoms with Crippen LogP contribution in [-0.2, 0) is 0 Å². The van der Waals surface area contributed by atoms with E-state index in [2.05, 4.69) is 31.2 Å². The zero-order valence-corrected chi connectivity index (χ0v) is 15.0. The van der Waals surface area contributed by atoms with Crippen molar-refractivity contribution in [2.24, 2.45) is 0 Å². The van der Waals surface area contributed by atoms with Gasteiger partial charge in [0.2, 0.25) is 0 Å². The molecule has 0 spiro atoms. The van der Waals surface area contributed by atoms with Crippen LogP contribution in [0.2, 0.25) is 0 Å². The molecule has 4 aromatic rings. The zero-order chi connectivity index (χ0) is 18.8. The summed E-state index contributed by atoms with van der Waals surface area (Å²) in [6.45, 7) is 1.76. The van der Waals surface area contributed by atoms with Crippen molar-refractivity contribution in [3.05, 3.63) is 64.7 Å². The lowest BCUT2D eigenvalue weighted by Crippen LogP contribution is -2.41. The maximum Gasteiger partial charge on any atom is 0.281 e. The lowest BCUT2D eigenvalue weighted by atomic mass is 10.2. The lowest BCUT2D eigenvalue weighted by molar-refractivity contribution is 0.0848. The van der Waals surface area contributed by atoms with Gasteiger partial charge in [-0.3, -0.25) is 20.4 Å². The minimum atomic E-state index is -0.446. The molecule has 0 saturated heterocycles. The molecule has 3 N–H and O–H groups in total. The number of rotatable bonds is 3. The van der Waals surface area contributed by atoms with Gasteiger partial charge in [0, 0.05) is 11.1 Å². The van der Waals surface area contributed by atoms with Crippen molar-refractivity contribution in [1.82, 2.24) is 31.2 Å². The number of carbonyl (C=O) groups is 2. The van der Waals surface area contributed by atoms with Gasteiger partial charge in [0.15, 0.2) is 0 Å². The number of nitrogens with one attached hydrogen (secondary N) is 3. The molecule has 2 aromatic carbocycles. The van der Waals surface area contributed by atoms with Gasteiger partial charge in [-0.05, 0) is 25.1 Å². The highest BCUT2D eigenvalue weighted by molar-refractivity contribution is 7.17. The van der Waals surface area contributed by atoms with Gasteiger partial charge >= 0.3 is 0 Å². The predicted molar refractivity (Wildman–Crippen MR) is 101 cm³/mol. The van der Waals surface area contributed by atoms with Crippen LogP contribution in [0.5, 0.6) is 0 Å². The number of hydrogen-bond donors (Lipinski definition) is 3. The van der Waals surface area contributed by atoms with Crippen LogP contribution < -0.4 is 10.9 Å². The first-order chi connectivity index (χ1) is 13.1. The summed E-state index contributed by atoms with van der Waals surface area (Å²) in [4.78, 5) is 29.6. The Balaban J connectivity index is 1.46. The molecule has 2 aromatic heterocycles. The standard InChI is InChI=1S/C18H14N6O2S/c1-10-15(27-18(19-10)11-5-3-2-4-6-11)17(26)23-22-16(25)12-7-8-13-14(9-12)21-24-20-13/h2-9H,1H3,(H,22,25)(H,23,26)(H,20,21,24). The van der Waals surface area contributed by atoms with Crippen LogP contribution in [0.15, 0.2) is 48.5 Å². The summed E-state index contributed by atoms with van der Waals surface area (Å²) in [6, 6.07) is 14.5. The van der Waals surface area contributed by atoms with E-state index in [0.717, 1.165) is 10.6 Å². The van der Waals surface area contributed by atoms with Crippen LogP contribution >= 0.6 is 11.3 Å². The summed E-state index contributed by atoms with van der Waals surface area (Å²) in [7, 11) is 0. The van der Waals surface area contributed by atoms with Crippen molar-refractivity contribution >= 4 is 34.2 Å². The highest BCUT2D eigenvalue weighted by Gasteiger charge is 2.17. The van der Waals surface area contributed by atoms with E-state index in [1.807, 2.05) is 30.3 Å². The molecule has 0 bridgehead atoms. The van der Waals surface area contributed by atoms with Gasteiger partial charge in [0.05, 0.1) is 5.69 Å². The summed E-state index contributed by atoms with van der Waals surface area (Å²) in [5, 5.41) is 11.1. The lowest BCUT2D eigenvalue weighted by Gasteiger charge is -2.06. The average molecular weight is 378 g/mol. The summed E-state index contributed by atoms with van der Waals surface area (Å²) >= 11 is 1.27. The van der Waals surface area contributed by atoms with E-state index in [1.54, 1.807) is 25.1 Å². The molecule has 8 nitrogen and oxygen atoms in total. The Bertz CT molecular complexity index is 1140. The number of aryl methyl sites for hydroxylation is 1. The van der Waals surface area contributed by atoms with E-state index in [4.69, 9.17) is 0 Å². The molecule has 0 radical (unpaired) electrons. The molecule has 0 atom stereocenters. The minimum Gasteiger partial charge on any atom is -0.267 e. The monoisotopic (exact) mass is 378 g/mol. The first-order valence-corrected chi connectivity index (χ1v) is 8.87. The van der Waals surface area contributed by atoms with E-state index in [1.165, 1.54) is 11.3 Å². The number of carbonyl (C=O) groups excluding carboxylic acids is 2. The number of hydrogen-bond acceptors (Lipinski definition) is 6. The van der Waals surface area contributed by atoms with E-state index in [9.17, 15) is 9.59 Å². The second kappa shape index (κ2) is 6.96. The smallest absolute Gasteiger partial charge is 0.267 e. The minimum absolute atomic E-state index is 0.364. The number of aromatic amines is 1. The van der Waals surface area contributed by atoms with Gasteiger partial charge in [-0.15, -0.1) is 11.3 Å². The average Bonchev–Trinajstić information content (AvgIpc) is 3.32. The van der Waals surface area contributed by atoms with Crippen LogP contribution in [0.1, 0.15) is 25.7 Å². The maximum absolute atomic E-state index is 12.4. The van der Waals surface area contributed by atoms with Gasteiger partial charge < -0.3 is 0 Å². The number of hydrazine groups is 1. The Labute approximate surface area is 157 Å². The molecule has 0 aliphatic carbocycles. The fraction of sp³-hybridized carbons (Fsp3) is 0.0556. The molecule has 2 heterocycles. The second-order valence-electron chi connectivity index (χ2n) is 5.73. The van der Waals surface area contributed by atoms with Crippen molar-refractivity contribution in [2.75, 3.05) is 0 Å². The van der Waals surface area contributed by atoms with E-state index in [0.29, 0.717) is 27.2 Å². The van der Waals surface area contributed by atoms with Gasteiger partial charge in [-0.25, -0.2) is 4.98 Å². The predicted octanol–water partition coefficient (Wildman–Crippen LogP) is 2.46. The number of H-pyrrole nitrogens is 1. The molecule has 0 aliphatic rings. The topological polar surface area (TPSA) is 113 Å². The second-order valence-corrected chi connectivity index (χ2v) is 6.73. The van der Waals surface area contributed by atoms with Gasteiger partial charge in [0.1, 0.15) is 20.9 Å². The number of benzene rings is 2. The maximum atomic E-state index is 12.4. The molecule has 27 heavy (non-hydrogen) atoms. The summed E-state index contributed by atoms with van der Waals surface area (Å²) in [5.74, 6) is -0.859. The first kappa shape index (κ1) is 16.9. The number of amides is 2. The molecule has 134 valence electrons. The van der Waals surface area contributed by atoms with E-state index in [-0.39, 0.29) is 0 Å². The molecular formula is C18H14N6O2S. The van der Waals surface area contributed by atoms with Crippen LogP contribution in [0.4, 0.5) is 0 Å². The molecule has 2 amide bonds. The number of aromatic nitrogens is 4. The molecule has 0 unspecified atom stereocenters. The molecule has 0 aliphatic heterocycles. The summed E-state index contributed by atoms with van der Waals surface area (Å²) < 4.78 is 0. The third kappa shape index (κ3) is 3.40. The third-order valence-electron chi connectivity index (χ3n) is 3.89.